The van der Waals surface area contributed by atoms with Crippen molar-refractivity contribution in [2.24, 2.45) is 5.92 Å². The number of alkyl halides is 1. The van der Waals surface area contributed by atoms with Gasteiger partial charge in [-0.1, -0.05) is 18.2 Å². The average molecular weight is 378 g/mol. The van der Waals surface area contributed by atoms with Crippen molar-refractivity contribution in [1.29, 1.82) is 0 Å². The summed E-state index contributed by atoms with van der Waals surface area (Å²) in [5, 5.41) is 6.09. The van der Waals surface area contributed by atoms with Crippen molar-refractivity contribution in [3.63, 3.8) is 0 Å². The van der Waals surface area contributed by atoms with Crippen molar-refractivity contribution in [2.45, 2.75) is 32.7 Å². The number of carbonyl (C=O) groups excluding carboxylic acids is 1. The Hall–Kier alpha value is -2.08. The van der Waals surface area contributed by atoms with E-state index in [9.17, 15) is 9.59 Å². The van der Waals surface area contributed by atoms with Crippen LogP contribution in [0.4, 0.5) is 5.82 Å². The highest BCUT2D eigenvalue weighted by atomic mass is 35.5. The van der Waals surface area contributed by atoms with Crippen LogP contribution in [0.3, 0.4) is 0 Å². The summed E-state index contributed by atoms with van der Waals surface area (Å²) < 4.78 is 6.69. The van der Waals surface area contributed by atoms with E-state index in [1.807, 2.05) is 31.2 Å². The number of rotatable bonds is 6. The lowest BCUT2D eigenvalue weighted by Crippen LogP contribution is -2.41. The Kier molecular flexibility index (Phi) is 6.14. The van der Waals surface area contributed by atoms with E-state index in [0.717, 1.165) is 30.6 Å². The van der Waals surface area contributed by atoms with Crippen LogP contribution in [0.25, 0.3) is 10.8 Å². The second-order valence-corrected chi connectivity index (χ2v) is 6.86. The molecule has 3 rings (SSSR count). The average Bonchev–Trinajstić information content (AvgIpc) is 2.68. The zero-order valence-corrected chi connectivity index (χ0v) is 15.7. The summed E-state index contributed by atoms with van der Waals surface area (Å²) >= 11 is 5.79. The van der Waals surface area contributed by atoms with Crippen LogP contribution in [0.2, 0.25) is 0 Å². The number of esters is 1. The summed E-state index contributed by atoms with van der Waals surface area (Å²) in [6.45, 7) is 4.06. The third-order valence-electron chi connectivity index (χ3n) is 4.69. The van der Waals surface area contributed by atoms with E-state index in [0.29, 0.717) is 37.4 Å². The number of hydrogen-bond acceptors (Lipinski definition) is 5. The van der Waals surface area contributed by atoms with Gasteiger partial charge in [-0.05, 0) is 32.3 Å². The number of ether oxygens (including phenoxy) is 1. The number of nitrogens with zero attached hydrogens (tertiary/aromatic N) is 3. The highest BCUT2D eigenvalue weighted by Gasteiger charge is 2.29. The van der Waals surface area contributed by atoms with Gasteiger partial charge in [-0.15, -0.1) is 11.6 Å². The Morgan fingerprint density at radius 1 is 1.35 bits per heavy atom. The Morgan fingerprint density at radius 3 is 2.85 bits per heavy atom. The summed E-state index contributed by atoms with van der Waals surface area (Å²) in [5.74, 6) is 0.915. The number of carbonyl (C=O) groups is 1. The maximum Gasteiger partial charge on any atom is 0.310 e. The van der Waals surface area contributed by atoms with Crippen molar-refractivity contribution in [3.05, 3.63) is 34.6 Å². The minimum atomic E-state index is -0.160. The van der Waals surface area contributed by atoms with E-state index in [1.165, 1.54) is 4.68 Å². The highest BCUT2D eigenvalue weighted by molar-refractivity contribution is 6.17. The molecule has 140 valence electrons. The molecule has 0 spiro atoms. The minimum Gasteiger partial charge on any atom is -0.466 e. The van der Waals surface area contributed by atoms with Crippen LogP contribution >= 0.6 is 11.6 Å². The van der Waals surface area contributed by atoms with Gasteiger partial charge in [-0.2, -0.15) is 5.10 Å². The normalized spacial score (nSPS) is 17.5. The lowest BCUT2D eigenvalue weighted by molar-refractivity contribution is -0.148. The van der Waals surface area contributed by atoms with Crippen molar-refractivity contribution >= 4 is 34.2 Å². The van der Waals surface area contributed by atoms with Gasteiger partial charge in [0.05, 0.1) is 17.9 Å². The van der Waals surface area contributed by atoms with Gasteiger partial charge in [0.1, 0.15) is 0 Å². The second-order valence-electron chi connectivity index (χ2n) is 6.48. The Balaban J connectivity index is 1.99. The first-order chi connectivity index (χ1) is 12.7. The van der Waals surface area contributed by atoms with Crippen LogP contribution in [0, 0.1) is 5.92 Å². The molecule has 1 aromatic carbocycles. The van der Waals surface area contributed by atoms with Crippen molar-refractivity contribution < 1.29 is 9.53 Å². The summed E-state index contributed by atoms with van der Waals surface area (Å²) in [7, 11) is 0. The third-order valence-corrected chi connectivity index (χ3v) is 4.96. The second kappa shape index (κ2) is 8.54. The SMILES string of the molecule is CCOC(=O)C1CCCN(c2nn(CCCCl)c(=O)c3ccccc23)C1. The molecule has 6 nitrogen and oxygen atoms in total. The first-order valence-corrected chi connectivity index (χ1v) is 9.66. The number of anilines is 1. The molecule has 0 saturated carbocycles. The Morgan fingerprint density at radius 2 is 2.12 bits per heavy atom. The predicted octanol–water partition coefficient (Wildman–Crippen LogP) is 2.80. The summed E-state index contributed by atoms with van der Waals surface area (Å²) in [6.07, 6.45) is 2.39. The molecule has 1 fully saturated rings. The van der Waals surface area contributed by atoms with Gasteiger partial charge in [0.2, 0.25) is 0 Å². The number of piperidine rings is 1. The quantitative estimate of drug-likeness (QED) is 0.572. The number of benzene rings is 1. The lowest BCUT2D eigenvalue weighted by atomic mass is 9.98. The van der Waals surface area contributed by atoms with Gasteiger partial charge in [0, 0.05) is 30.9 Å². The van der Waals surface area contributed by atoms with Crippen molar-refractivity contribution in [2.75, 3.05) is 30.5 Å². The van der Waals surface area contributed by atoms with E-state index >= 15 is 0 Å². The molecule has 1 aromatic heterocycles. The maximum atomic E-state index is 12.7. The van der Waals surface area contributed by atoms with Crippen LogP contribution in [0.15, 0.2) is 29.1 Å². The predicted molar refractivity (Wildman–Crippen MR) is 103 cm³/mol. The zero-order valence-electron chi connectivity index (χ0n) is 15.0. The Bertz CT molecular complexity index is 836. The standard InChI is InChI=1S/C19H24ClN3O3/c1-2-26-19(25)14-7-5-11-22(13-14)17-15-8-3-4-9-16(15)18(24)23(21-17)12-6-10-20/h3-4,8-9,14H,2,5-7,10-13H2,1H3. The molecule has 1 saturated heterocycles. The van der Waals surface area contributed by atoms with Crippen molar-refractivity contribution in [3.8, 4) is 0 Å². The van der Waals surface area contributed by atoms with E-state index in [4.69, 9.17) is 16.3 Å². The van der Waals surface area contributed by atoms with Gasteiger partial charge in [0.15, 0.2) is 5.82 Å². The lowest BCUT2D eigenvalue weighted by Gasteiger charge is -2.33. The van der Waals surface area contributed by atoms with Crippen LogP contribution in [-0.4, -0.2) is 41.3 Å². The van der Waals surface area contributed by atoms with E-state index in [2.05, 4.69) is 10.00 Å². The molecule has 2 heterocycles. The fraction of sp³-hybridized carbons (Fsp3) is 0.526. The fourth-order valence-electron chi connectivity index (χ4n) is 3.43. The number of halogens is 1. The molecule has 7 heteroatoms. The van der Waals surface area contributed by atoms with Crippen LogP contribution in [-0.2, 0) is 16.1 Å². The molecule has 1 aliphatic heterocycles. The van der Waals surface area contributed by atoms with Gasteiger partial charge < -0.3 is 9.64 Å². The maximum absolute atomic E-state index is 12.7. The molecule has 0 aliphatic carbocycles. The summed E-state index contributed by atoms with van der Waals surface area (Å²) in [5.41, 5.74) is -0.103. The molecule has 1 unspecified atom stereocenters. The monoisotopic (exact) mass is 377 g/mol. The van der Waals surface area contributed by atoms with Gasteiger partial charge in [0.25, 0.3) is 5.56 Å². The molecule has 0 N–H and O–H groups in total. The smallest absolute Gasteiger partial charge is 0.310 e. The molecule has 0 radical (unpaired) electrons. The first kappa shape index (κ1) is 18.7. The molecule has 2 aromatic rings. The van der Waals surface area contributed by atoms with Crippen molar-refractivity contribution in [1.82, 2.24) is 9.78 Å². The minimum absolute atomic E-state index is 0.103. The largest absolute Gasteiger partial charge is 0.466 e. The first-order valence-electron chi connectivity index (χ1n) is 9.13. The number of fused-ring (bicyclic) bond motifs is 1. The molecule has 1 atom stereocenters. The summed E-state index contributed by atoms with van der Waals surface area (Å²) in [4.78, 5) is 27.0. The molecule has 0 bridgehead atoms. The van der Waals surface area contributed by atoms with Crippen LogP contribution in [0.1, 0.15) is 26.2 Å². The number of aryl methyl sites for hydroxylation is 1. The Labute approximate surface area is 157 Å². The van der Waals surface area contributed by atoms with Gasteiger partial charge in [-0.25, -0.2) is 4.68 Å². The van der Waals surface area contributed by atoms with E-state index in [-0.39, 0.29) is 17.4 Å². The van der Waals surface area contributed by atoms with Crippen LogP contribution < -0.4 is 10.5 Å². The van der Waals surface area contributed by atoms with Crippen LogP contribution in [0.5, 0.6) is 0 Å². The number of aromatic nitrogens is 2. The summed E-state index contributed by atoms with van der Waals surface area (Å²) in [6, 6.07) is 7.51. The molecule has 26 heavy (non-hydrogen) atoms. The fourth-order valence-corrected chi connectivity index (χ4v) is 3.55. The van der Waals surface area contributed by atoms with E-state index in [1.54, 1.807) is 0 Å². The molecular weight excluding hydrogens is 354 g/mol. The van der Waals surface area contributed by atoms with Gasteiger partial charge in [-0.3, -0.25) is 9.59 Å². The number of hydrogen-bond donors (Lipinski definition) is 0. The molecule has 1 aliphatic rings. The zero-order chi connectivity index (χ0) is 18.5. The molecular formula is C19H24ClN3O3. The highest BCUT2D eigenvalue weighted by Crippen LogP contribution is 2.27. The topological polar surface area (TPSA) is 64.4 Å². The van der Waals surface area contributed by atoms with E-state index < -0.39 is 0 Å². The molecule has 0 amide bonds. The third kappa shape index (κ3) is 3.85. The van der Waals surface area contributed by atoms with Gasteiger partial charge >= 0.3 is 5.97 Å².